The summed E-state index contributed by atoms with van der Waals surface area (Å²) in [5.41, 5.74) is 26.2. The van der Waals surface area contributed by atoms with Crippen LogP contribution in [0.2, 0.25) is 0 Å². The van der Waals surface area contributed by atoms with Crippen LogP contribution in [-0.4, -0.2) is 57.8 Å². The zero-order valence-electron chi connectivity index (χ0n) is 27.9. The van der Waals surface area contributed by atoms with Gasteiger partial charge in [-0.15, -0.1) is 0 Å². The quantitative estimate of drug-likeness (QED) is 0.0609. The van der Waals surface area contributed by atoms with Crippen molar-refractivity contribution >= 4 is 0 Å². The van der Waals surface area contributed by atoms with E-state index >= 15 is 0 Å². The molecule has 0 heterocycles. The van der Waals surface area contributed by atoms with Gasteiger partial charge in [0, 0.05) is 59.6 Å². The number of hydrogen-bond donors (Lipinski definition) is 0. The summed E-state index contributed by atoms with van der Waals surface area (Å²) in [6, 6.07) is 0. The predicted octanol–water partition coefficient (Wildman–Crippen LogP) is 9.56. The van der Waals surface area contributed by atoms with Crippen LogP contribution in [0.3, 0.4) is 0 Å². The van der Waals surface area contributed by atoms with Crippen molar-refractivity contribution in [3.63, 3.8) is 0 Å². The van der Waals surface area contributed by atoms with Crippen molar-refractivity contribution in [1.29, 1.82) is 0 Å². The molecule has 0 spiro atoms. The molecule has 0 aliphatic heterocycles. The fraction of sp³-hybridized carbons (Fsp3) is 1.00. The first-order chi connectivity index (χ1) is 21.3. The summed E-state index contributed by atoms with van der Waals surface area (Å²) in [5, 5.41) is 11.1. The molecule has 0 aromatic heterocycles. The van der Waals surface area contributed by atoms with E-state index in [0.717, 1.165) is 57.8 Å². The Labute approximate surface area is 264 Å². The van der Waals surface area contributed by atoms with Gasteiger partial charge in [-0.1, -0.05) is 50.0 Å². The second kappa shape index (κ2) is 18.1. The van der Waals surface area contributed by atoms with Gasteiger partial charge in [0.25, 0.3) is 0 Å². The lowest BCUT2D eigenvalue weighted by Crippen LogP contribution is -2.58. The molecular formula is C32H57N9O3. The van der Waals surface area contributed by atoms with Crippen LogP contribution in [0, 0.1) is 40.4 Å². The van der Waals surface area contributed by atoms with E-state index in [-0.39, 0.29) is 29.1 Å². The molecule has 3 fully saturated rings. The fourth-order valence-electron chi connectivity index (χ4n) is 9.37. The number of rotatable bonds is 19. The zero-order chi connectivity index (χ0) is 32.0. The van der Waals surface area contributed by atoms with Crippen molar-refractivity contribution in [3.8, 4) is 0 Å². The Kier molecular flexibility index (Phi) is 14.9. The molecule has 0 amide bonds. The molecule has 44 heavy (non-hydrogen) atoms. The van der Waals surface area contributed by atoms with E-state index in [1.54, 1.807) is 0 Å². The monoisotopic (exact) mass is 615 g/mol. The Morgan fingerprint density at radius 1 is 0.773 bits per heavy atom. The first-order valence-electron chi connectivity index (χ1n) is 17.1. The van der Waals surface area contributed by atoms with Gasteiger partial charge >= 0.3 is 0 Å². The van der Waals surface area contributed by atoms with Gasteiger partial charge in [-0.2, -0.15) is 0 Å². The van der Waals surface area contributed by atoms with Crippen molar-refractivity contribution in [1.82, 2.24) is 0 Å². The summed E-state index contributed by atoms with van der Waals surface area (Å²) < 4.78 is 19.8. The van der Waals surface area contributed by atoms with Gasteiger partial charge in [-0.25, -0.2) is 0 Å². The second-order valence-electron chi connectivity index (χ2n) is 14.1. The summed E-state index contributed by atoms with van der Waals surface area (Å²) in [5.74, 6) is 2.56. The standard InChI is InChI=1S/C32H57N9O3/c1-6-28(43-20-8-17-37-40-34)30-26-11-10-25(23(2)3)32(26,5)29(44-21-9-18-38-41-35)22-27(30)31(4)14-12-24(13-15-31)42-19-7-16-36-39-33/h23-30H,6-22H2,1-5H3/t24?,25?,26-,27-,28+,29-,30?,31?,32?/m0/s1. The molecule has 3 saturated carbocycles. The molecule has 0 saturated heterocycles. The predicted molar refractivity (Wildman–Crippen MR) is 173 cm³/mol. The first kappa shape index (κ1) is 36.3. The molecule has 3 unspecified atom stereocenters. The average molecular weight is 616 g/mol. The first-order valence-corrected chi connectivity index (χ1v) is 17.1. The van der Waals surface area contributed by atoms with Crippen LogP contribution in [0.5, 0.6) is 0 Å². The Morgan fingerprint density at radius 3 is 1.89 bits per heavy atom. The minimum Gasteiger partial charge on any atom is -0.378 e. The second-order valence-corrected chi connectivity index (χ2v) is 14.1. The van der Waals surface area contributed by atoms with Gasteiger partial charge in [0.2, 0.25) is 0 Å². The molecule has 3 aliphatic carbocycles. The van der Waals surface area contributed by atoms with Gasteiger partial charge in [0.15, 0.2) is 0 Å². The summed E-state index contributed by atoms with van der Waals surface area (Å²) in [4.78, 5) is 8.68. The molecule has 0 aromatic carbocycles. The third-order valence-corrected chi connectivity index (χ3v) is 11.5. The molecule has 0 radical (unpaired) electrons. The zero-order valence-corrected chi connectivity index (χ0v) is 27.9. The van der Waals surface area contributed by atoms with Crippen LogP contribution in [0.4, 0.5) is 0 Å². The number of azide groups is 3. The van der Waals surface area contributed by atoms with Gasteiger partial charge in [-0.3, -0.25) is 0 Å². The maximum atomic E-state index is 8.75. The molecule has 12 heteroatoms. The van der Waals surface area contributed by atoms with Crippen molar-refractivity contribution < 1.29 is 14.2 Å². The number of nitrogens with zero attached hydrogens (tertiary/aromatic N) is 9. The Balaban J connectivity index is 1.87. The summed E-state index contributed by atoms with van der Waals surface area (Å²) in [6.45, 7) is 15.3. The van der Waals surface area contributed by atoms with E-state index in [1.807, 2.05) is 0 Å². The smallest absolute Gasteiger partial charge is 0.0637 e. The third-order valence-electron chi connectivity index (χ3n) is 11.5. The van der Waals surface area contributed by atoms with Crippen LogP contribution in [0.1, 0.15) is 105 Å². The lowest BCUT2D eigenvalue weighted by Gasteiger charge is -2.60. The molecule has 7 atom stereocenters. The van der Waals surface area contributed by atoms with E-state index in [1.165, 1.54) is 12.8 Å². The highest BCUT2D eigenvalue weighted by Gasteiger charge is 2.63. The molecule has 3 aliphatic rings. The molecule has 12 nitrogen and oxygen atoms in total. The van der Waals surface area contributed by atoms with Gasteiger partial charge in [0.05, 0.1) is 18.3 Å². The van der Waals surface area contributed by atoms with Crippen LogP contribution in [0.15, 0.2) is 15.3 Å². The molecule has 0 aromatic rings. The maximum Gasteiger partial charge on any atom is 0.0637 e. The number of hydrogen-bond acceptors (Lipinski definition) is 6. The van der Waals surface area contributed by atoms with Gasteiger partial charge in [0.1, 0.15) is 0 Å². The highest BCUT2D eigenvalue weighted by molar-refractivity contribution is 5.11. The van der Waals surface area contributed by atoms with Crippen LogP contribution >= 0.6 is 0 Å². The van der Waals surface area contributed by atoms with Gasteiger partial charge < -0.3 is 14.2 Å². The Morgan fingerprint density at radius 2 is 1.34 bits per heavy atom. The van der Waals surface area contributed by atoms with Crippen LogP contribution in [0.25, 0.3) is 31.3 Å². The normalized spacial score (nSPS) is 34.0. The highest BCUT2D eigenvalue weighted by Crippen LogP contribution is 2.66. The largest absolute Gasteiger partial charge is 0.378 e. The Hall–Kier alpha value is -2.19. The minimum absolute atomic E-state index is 0.0539. The van der Waals surface area contributed by atoms with E-state index in [0.29, 0.717) is 69.0 Å². The maximum absolute atomic E-state index is 8.75. The molecule has 0 bridgehead atoms. The minimum atomic E-state index is 0.0539. The van der Waals surface area contributed by atoms with Crippen LogP contribution in [-0.2, 0) is 14.2 Å². The molecule has 3 rings (SSSR count). The lowest BCUT2D eigenvalue weighted by molar-refractivity contribution is -0.191. The molecule has 248 valence electrons. The van der Waals surface area contributed by atoms with E-state index in [4.69, 9.17) is 30.8 Å². The molecular weight excluding hydrogens is 558 g/mol. The van der Waals surface area contributed by atoms with Crippen LogP contribution < -0.4 is 0 Å². The van der Waals surface area contributed by atoms with E-state index in [9.17, 15) is 0 Å². The van der Waals surface area contributed by atoms with Gasteiger partial charge in [-0.05, 0) is 122 Å². The highest BCUT2D eigenvalue weighted by atomic mass is 16.5. The van der Waals surface area contributed by atoms with E-state index < -0.39 is 0 Å². The van der Waals surface area contributed by atoms with Crippen molar-refractivity contribution in [2.24, 2.45) is 55.8 Å². The lowest BCUT2D eigenvalue weighted by atomic mass is 9.48. The topological polar surface area (TPSA) is 174 Å². The summed E-state index contributed by atoms with van der Waals surface area (Å²) >= 11 is 0. The molecule has 0 N–H and O–H groups in total. The average Bonchev–Trinajstić information content (AvgIpc) is 3.38. The van der Waals surface area contributed by atoms with E-state index in [2.05, 4.69) is 64.7 Å². The van der Waals surface area contributed by atoms with Crippen molar-refractivity contribution in [2.75, 3.05) is 39.5 Å². The van der Waals surface area contributed by atoms with Crippen molar-refractivity contribution in [3.05, 3.63) is 31.3 Å². The summed E-state index contributed by atoms with van der Waals surface area (Å²) in [6.07, 6.45) is 11.5. The number of fused-ring (bicyclic) bond motifs is 1. The Bertz CT molecular complexity index is 1020. The fourth-order valence-corrected chi connectivity index (χ4v) is 9.37. The summed E-state index contributed by atoms with van der Waals surface area (Å²) in [7, 11) is 0. The third kappa shape index (κ3) is 8.96. The van der Waals surface area contributed by atoms with Crippen molar-refractivity contribution in [2.45, 2.75) is 124 Å². The number of ether oxygens (including phenoxy) is 3. The SMILES string of the molecule is CC[C@@H](OCCCN=[N+]=[N-])C1[C@@H](C2(C)CCC(OCCCN=[N+]=[N-])CC2)C[C@H](OCCCN=[N+]=[N-])C2(C)C(C(C)C)CC[C@@H]12.